The van der Waals surface area contributed by atoms with E-state index in [1.807, 2.05) is 0 Å². The maximum absolute atomic E-state index is 12.4. The predicted octanol–water partition coefficient (Wildman–Crippen LogP) is 1.86. The van der Waals surface area contributed by atoms with Crippen LogP contribution in [0.2, 0.25) is 0 Å². The Labute approximate surface area is 99.5 Å². The molecular formula is C10H6F3N5. The zero-order chi connectivity index (χ0) is 13.3. The Morgan fingerprint density at radius 1 is 1.33 bits per heavy atom. The Morgan fingerprint density at radius 2 is 2.06 bits per heavy atom. The van der Waals surface area contributed by atoms with Gasteiger partial charge in [0.05, 0.1) is 11.8 Å². The van der Waals surface area contributed by atoms with E-state index in [1.165, 1.54) is 6.07 Å². The summed E-state index contributed by atoms with van der Waals surface area (Å²) in [6, 6.07) is 3.23. The quantitative estimate of drug-likeness (QED) is 0.777. The van der Waals surface area contributed by atoms with Gasteiger partial charge in [0.2, 0.25) is 0 Å². The Balaban J connectivity index is 2.47. The van der Waals surface area contributed by atoms with Crippen LogP contribution in [0.3, 0.4) is 0 Å². The molecule has 2 aromatic heterocycles. The molecule has 0 amide bonds. The van der Waals surface area contributed by atoms with Crippen molar-refractivity contribution in [3.05, 3.63) is 35.4 Å². The van der Waals surface area contributed by atoms with Gasteiger partial charge >= 0.3 is 6.18 Å². The first-order valence-electron chi connectivity index (χ1n) is 4.78. The number of halogens is 3. The summed E-state index contributed by atoms with van der Waals surface area (Å²) in [4.78, 5) is 7.70. The lowest BCUT2D eigenvalue weighted by molar-refractivity contribution is -0.137. The van der Waals surface area contributed by atoms with Crippen LogP contribution >= 0.6 is 0 Å². The van der Waals surface area contributed by atoms with Crippen LogP contribution in [0, 0.1) is 18.3 Å². The fourth-order valence-corrected chi connectivity index (χ4v) is 1.29. The van der Waals surface area contributed by atoms with E-state index in [0.29, 0.717) is 11.9 Å². The zero-order valence-electron chi connectivity index (χ0n) is 9.10. The SMILES string of the molecule is Cc1cc(C#N)nc(-n2cc(C(F)(F)F)cn2)n1. The topological polar surface area (TPSA) is 67.4 Å². The van der Waals surface area contributed by atoms with Gasteiger partial charge in [-0.2, -0.15) is 23.5 Å². The van der Waals surface area contributed by atoms with Crippen LogP contribution in [0.5, 0.6) is 0 Å². The van der Waals surface area contributed by atoms with E-state index in [2.05, 4.69) is 15.1 Å². The van der Waals surface area contributed by atoms with Gasteiger partial charge in [-0.15, -0.1) is 0 Å². The molecule has 0 spiro atoms. The van der Waals surface area contributed by atoms with Crippen molar-refractivity contribution in [2.75, 3.05) is 0 Å². The summed E-state index contributed by atoms with van der Waals surface area (Å²) < 4.78 is 38.1. The molecule has 0 aliphatic carbocycles. The molecule has 0 saturated carbocycles. The summed E-state index contributed by atoms with van der Waals surface area (Å²) >= 11 is 0. The average molecular weight is 253 g/mol. The van der Waals surface area contributed by atoms with E-state index in [9.17, 15) is 13.2 Å². The summed E-state index contributed by atoms with van der Waals surface area (Å²) in [6.45, 7) is 1.61. The van der Waals surface area contributed by atoms with Crippen LogP contribution in [-0.4, -0.2) is 19.7 Å². The number of rotatable bonds is 1. The van der Waals surface area contributed by atoms with Crippen molar-refractivity contribution >= 4 is 0 Å². The minimum absolute atomic E-state index is 0.0675. The fraction of sp³-hybridized carbons (Fsp3) is 0.200. The lowest BCUT2D eigenvalue weighted by Crippen LogP contribution is -2.05. The molecule has 2 heterocycles. The van der Waals surface area contributed by atoms with E-state index in [1.54, 1.807) is 13.0 Å². The number of alkyl halides is 3. The number of nitrogens with zero attached hydrogens (tertiary/aromatic N) is 5. The lowest BCUT2D eigenvalue weighted by Gasteiger charge is -2.02. The number of aryl methyl sites for hydroxylation is 1. The van der Waals surface area contributed by atoms with Gasteiger partial charge in [0, 0.05) is 11.9 Å². The number of nitriles is 1. The number of aromatic nitrogens is 4. The summed E-state index contributed by atoms with van der Waals surface area (Å²) in [5, 5.41) is 12.2. The highest BCUT2D eigenvalue weighted by Gasteiger charge is 2.32. The molecule has 2 rings (SSSR count). The molecule has 0 N–H and O–H groups in total. The monoisotopic (exact) mass is 253 g/mol. The second kappa shape index (κ2) is 4.10. The van der Waals surface area contributed by atoms with Gasteiger partial charge in [-0.1, -0.05) is 0 Å². The normalized spacial score (nSPS) is 11.3. The van der Waals surface area contributed by atoms with Gasteiger partial charge in [0.15, 0.2) is 0 Å². The first-order valence-corrected chi connectivity index (χ1v) is 4.78. The Kier molecular flexibility index (Phi) is 2.74. The molecule has 0 bridgehead atoms. The second-order valence-electron chi connectivity index (χ2n) is 3.48. The zero-order valence-corrected chi connectivity index (χ0v) is 9.10. The van der Waals surface area contributed by atoms with Crippen molar-refractivity contribution in [1.82, 2.24) is 19.7 Å². The van der Waals surface area contributed by atoms with Crippen LogP contribution in [-0.2, 0) is 6.18 Å². The first kappa shape index (κ1) is 12.0. The van der Waals surface area contributed by atoms with Crippen LogP contribution in [0.25, 0.3) is 5.95 Å². The van der Waals surface area contributed by atoms with E-state index >= 15 is 0 Å². The first-order chi connectivity index (χ1) is 8.40. The third-order valence-corrected chi connectivity index (χ3v) is 2.07. The smallest absolute Gasteiger partial charge is 0.216 e. The maximum Gasteiger partial charge on any atom is 0.419 e. The van der Waals surface area contributed by atoms with Gasteiger partial charge in [0.1, 0.15) is 11.8 Å². The molecule has 0 unspecified atom stereocenters. The highest BCUT2D eigenvalue weighted by Crippen LogP contribution is 2.28. The molecule has 0 atom stereocenters. The Bertz CT molecular complexity index is 623. The molecular weight excluding hydrogens is 247 g/mol. The predicted molar refractivity (Wildman–Crippen MR) is 53.6 cm³/mol. The minimum atomic E-state index is -4.47. The van der Waals surface area contributed by atoms with Gasteiger partial charge in [0.25, 0.3) is 5.95 Å². The van der Waals surface area contributed by atoms with Crippen LogP contribution < -0.4 is 0 Å². The molecule has 0 fully saturated rings. The molecule has 0 aliphatic rings. The Hall–Kier alpha value is -2.43. The van der Waals surface area contributed by atoms with Gasteiger partial charge in [-0.25, -0.2) is 14.6 Å². The van der Waals surface area contributed by atoms with E-state index in [4.69, 9.17) is 5.26 Å². The number of hydrogen-bond acceptors (Lipinski definition) is 4. The van der Waals surface area contributed by atoms with Crippen molar-refractivity contribution in [1.29, 1.82) is 5.26 Å². The molecule has 8 heteroatoms. The summed E-state index contributed by atoms with van der Waals surface area (Å²) in [5.74, 6) is -0.0675. The summed E-state index contributed by atoms with van der Waals surface area (Å²) in [7, 11) is 0. The molecule has 18 heavy (non-hydrogen) atoms. The van der Waals surface area contributed by atoms with E-state index < -0.39 is 11.7 Å². The second-order valence-corrected chi connectivity index (χ2v) is 3.48. The molecule has 0 radical (unpaired) electrons. The van der Waals surface area contributed by atoms with Gasteiger partial charge < -0.3 is 0 Å². The van der Waals surface area contributed by atoms with Gasteiger partial charge in [-0.3, -0.25) is 0 Å². The van der Waals surface area contributed by atoms with Crippen molar-refractivity contribution in [3.8, 4) is 12.0 Å². The highest BCUT2D eigenvalue weighted by molar-refractivity contribution is 5.27. The largest absolute Gasteiger partial charge is 0.419 e. The third-order valence-electron chi connectivity index (χ3n) is 2.07. The molecule has 2 aromatic rings. The lowest BCUT2D eigenvalue weighted by atomic mass is 10.3. The molecule has 92 valence electrons. The van der Waals surface area contributed by atoms with E-state index in [0.717, 1.165) is 10.9 Å². The van der Waals surface area contributed by atoms with Crippen molar-refractivity contribution in [2.24, 2.45) is 0 Å². The average Bonchev–Trinajstić information content (AvgIpc) is 2.77. The third kappa shape index (κ3) is 2.29. The fourth-order valence-electron chi connectivity index (χ4n) is 1.29. The highest BCUT2D eigenvalue weighted by atomic mass is 19.4. The molecule has 0 aromatic carbocycles. The maximum atomic E-state index is 12.4. The van der Waals surface area contributed by atoms with Crippen LogP contribution in [0.4, 0.5) is 13.2 Å². The standard InChI is InChI=1S/C10H6F3N5/c1-6-2-8(3-14)17-9(16-6)18-5-7(4-15-18)10(11,12)13/h2,4-5H,1H3. The van der Waals surface area contributed by atoms with Crippen molar-refractivity contribution in [2.45, 2.75) is 13.1 Å². The summed E-state index contributed by atoms with van der Waals surface area (Å²) in [5.41, 5.74) is -0.353. The Morgan fingerprint density at radius 3 is 2.61 bits per heavy atom. The van der Waals surface area contributed by atoms with Crippen LogP contribution in [0.1, 0.15) is 17.0 Å². The van der Waals surface area contributed by atoms with E-state index in [-0.39, 0.29) is 11.6 Å². The minimum Gasteiger partial charge on any atom is -0.216 e. The molecule has 5 nitrogen and oxygen atoms in total. The van der Waals surface area contributed by atoms with Crippen molar-refractivity contribution in [3.63, 3.8) is 0 Å². The molecule has 0 aliphatic heterocycles. The van der Waals surface area contributed by atoms with Gasteiger partial charge in [-0.05, 0) is 13.0 Å². The van der Waals surface area contributed by atoms with Crippen LogP contribution in [0.15, 0.2) is 18.5 Å². The summed E-state index contributed by atoms with van der Waals surface area (Å²) in [6.07, 6.45) is -3.02. The van der Waals surface area contributed by atoms with Crippen molar-refractivity contribution < 1.29 is 13.2 Å². The number of hydrogen-bond donors (Lipinski definition) is 0. The molecule has 0 saturated heterocycles.